The number of aliphatic hydroxyl groups excluding tert-OH is 1. The number of carbonyl (C=O) groups excluding carboxylic acids is 2. The number of hydrogen-bond donors (Lipinski definition) is 3. The number of benzene rings is 2. The molecule has 2 aliphatic heterocycles. The van der Waals surface area contributed by atoms with E-state index in [2.05, 4.69) is 10.6 Å². The van der Waals surface area contributed by atoms with Crippen molar-refractivity contribution in [1.29, 1.82) is 0 Å². The van der Waals surface area contributed by atoms with Crippen LogP contribution in [0.1, 0.15) is 37.3 Å². The normalized spacial score (nSPS) is 22.4. The molecule has 0 aromatic heterocycles. The zero-order chi connectivity index (χ0) is 28.5. The molecule has 4 rings (SSSR count). The topological polar surface area (TPSA) is 100 Å². The van der Waals surface area contributed by atoms with Crippen LogP contribution in [0.3, 0.4) is 0 Å². The highest BCUT2D eigenvalue weighted by molar-refractivity contribution is 5.89. The van der Waals surface area contributed by atoms with Gasteiger partial charge in [-0.2, -0.15) is 0 Å². The number of amides is 2. The minimum absolute atomic E-state index is 0.0184. The molecule has 5 atom stereocenters. The van der Waals surface area contributed by atoms with Crippen LogP contribution in [0, 0.1) is 17.6 Å². The van der Waals surface area contributed by atoms with Crippen LogP contribution in [-0.2, 0) is 32.1 Å². The number of carbonyl (C=O) groups is 2. The molecular weight excluding hydrogens is 520 g/mol. The molecule has 0 unspecified atom stereocenters. The van der Waals surface area contributed by atoms with Crippen LogP contribution in [-0.4, -0.2) is 79.0 Å². The zero-order valence-corrected chi connectivity index (χ0v) is 22.9. The Hall–Kier alpha value is -2.92. The Balaban J connectivity index is 1.39. The summed E-state index contributed by atoms with van der Waals surface area (Å²) in [4.78, 5) is 27.4. The minimum Gasteiger partial charge on any atom is -0.389 e. The van der Waals surface area contributed by atoms with Crippen LogP contribution in [0.5, 0.6) is 0 Å². The summed E-state index contributed by atoms with van der Waals surface area (Å²) in [5.41, 5.74) is 1.36. The number of halogens is 2. The molecule has 0 saturated carbocycles. The van der Waals surface area contributed by atoms with Gasteiger partial charge in [-0.05, 0) is 42.5 Å². The molecule has 2 aromatic carbocycles. The Morgan fingerprint density at radius 3 is 2.62 bits per heavy atom. The van der Waals surface area contributed by atoms with E-state index in [-0.39, 0.29) is 37.3 Å². The van der Waals surface area contributed by atoms with E-state index in [9.17, 15) is 23.5 Å². The highest BCUT2D eigenvalue weighted by atomic mass is 19.1. The number of nitrogens with zero attached hydrogens (tertiary/aromatic N) is 1. The van der Waals surface area contributed by atoms with E-state index in [0.717, 1.165) is 18.1 Å². The lowest BCUT2D eigenvalue weighted by Gasteiger charge is -2.29. The first-order chi connectivity index (χ1) is 19.3. The molecule has 40 heavy (non-hydrogen) atoms. The first-order valence-electron chi connectivity index (χ1n) is 14.0. The molecule has 2 saturated heterocycles. The van der Waals surface area contributed by atoms with Crippen molar-refractivity contribution < 1.29 is 33.0 Å². The number of aliphatic hydroxyl groups is 1. The summed E-state index contributed by atoms with van der Waals surface area (Å²) >= 11 is 0. The van der Waals surface area contributed by atoms with E-state index in [1.165, 1.54) is 12.1 Å². The summed E-state index contributed by atoms with van der Waals surface area (Å²) in [6, 6.07) is 11.7. The molecule has 2 heterocycles. The maximum atomic E-state index is 13.9. The summed E-state index contributed by atoms with van der Waals surface area (Å²) < 4.78 is 39.3. The molecule has 2 amide bonds. The van der Waals surface area contributed by atoms with Gasteiger partial charge < -0.3 is 30.1 Å². The number of rotatable bonds is 14. The van der Waals surface area contributed by atoms with Crippen molar-refractivity contribution in [2.45, 2.75) is 63.5 Å². The molecule has 0 spiro atoms. The van der Waals surface area contributed by atoms with Crippen molar-refractivity contribution in [3.63, 3.8) is 0 Å². The van der Waals surface area contributed by atoms with Gasteiger partial charge in [0.2, 0.25) is 11.8 Å². The molecule has 3 N–H and O–H groups in total. The van der Waals surface area contributed by atoms with E-state index in [1.54, 1.807) is 4.90 Å². The lowest BCUT2D eigenvalue weighted by molar-refractivity contribution is -0.129. The average Bonchev–Trinajstić information content (AvgIpc) is 3.56. The van der Waals surface area contributed by atoms with Gasteiger partial charge in [-0.1, -0.05) is 37.3 Å². The van der Waals surface area contributed by atoms with Gasteiger partial charge in [0, 0.05) is 44.8 Å². The molecule has 218 valence electrons. The van der Waals surface area contributed by atoms with Gasteiger partial charge in [0.05, 0.1) is 37.4 Å². The van der Waals surface area contributed by atoms with Gasteiger partial charge in [0.25, 0.3) is 0 Å². The Bertz CT molecular complexity index is 1100. The molecule has 2 fully saturated rings. The van der Waals surface area contributed by atoms with Crippen molar-refractivity contribution >= 4 is 11.8 Å². The van der Waals surface area contributed by atoms with Crippen LogP contribution >= 0.6 is 0 Å². The molecule has 0 bridgehead atoms. The Morgan fingerprint density at radius 1 is 1.15 bits per heavy atom. The molecule has 8 nitrogen and oxygen atoms in total. The largest absolute Gasteiger partial charge is 0.389 e. The third kappa shape index (κ3) is 8.54. The van der Waals surface area contributed by atoms with Crippen LogP contribution in [0.25, 0.3) is 0 Å². The van der Waals surface area contributed by atoms with Crippen LogP contribution < -0.4 is 10.6 Å². The maximum absolute atomic E-state index is 13.9. The predicted octanol–water partition coefficient (Wildman–Crippen LogP) is 2.58. The SMILES string of the molecule is CCCOCCN1C[C@@H](C(=O)N[C@@H](Cc2cc(F)cc(F)c2)[C@H](O)[C@H]2C[C@@H](OCc3ccccc3)CN2)CC1=O. The van der Waals surface area contributed by atoms with Gasteiger partial charge in [0.15, 0.2) is 0 Å². The van der Waals surface area contributed by atoms with E-state index in [4.69, 9.17) is 9.47 Å². The summed E-state index contributed by atoms with van der Waals surface area (Å²) in [6.45, 7) is 4.65. The van der Waals surface area contributed by atoms with Crippen LogP contribution in [0.4, 0.5) is 8.78 Å². The Morgan fingerprint density at radius 2 is 1.90 bits per heavy atom. The lowest BCUT2D eigenvalue weighted by Crippen LogP contribution is -2.53. The number of likely N-dealkylation sites (tertiary alicyclic amines) is 1. The summed E-state index contributed by atoms with van der Waals surface area (Å²) in [7, 11) is 0. The predicted molar refractivity (Wildman–Crippen MR) is 145 cm³/mol. The monoisotopic (exact) mass is 559 g/mol. The third-order valence-corrected chi connectivity index (χ3v) is 7.42. The van der Waals surface area contributed by atoms with E-state index >= 15 is 0 Å². The molecule has 0 aliphatic carbocycles. The minimum atomic E-state index is -1.06. The van der Waals surface area contributed by atoms with Crippen molar-refractivity contribution in [2.24, 2.45) is 5.92 Å². The second kappa shape index (κ2) is 14.6. The first-order valence-corrected chi connectivity index (χ1v) is 14.0. The summed E-state index contributed by atoms with van der Waals surface area (Å²) in [5, 5.41) is 17.5. The summed E-state index contributed by atoms with van der Waals surface area (Å²) in [5.74, 6) is -2.55. The van der Waals surface area contributed by atoms with E-state index < -0.39 is 35.7 Å². The van der Waals surface area contributed by atoms with Gasteiger partial charge in [-0.15, -0.1) is 0 Å². The molecule has 10 heteroatoms. The van der Waals surface area contributed by atoms with Crippen molar-refractivity contribution in [3.05, 3.63) is 71.3 Å². The number of hydrogen-bond acceptors (Lipinski definition) is 6. The van der Waals surface area contributed by atoms with E-state index in [0.29, 0.717) is 44.9 Å². The second-order valence-corrected chi connectivity index (χ2v) is 10.6. The molecular formula is C30H39F2N3O5. The van der Waals surface area contributed by atoms with Crippen molar-refractivity contribution in [3.8, 4) is 0 Å². The van der Waals surface area contributed by atoms with Gasteiger partial charge in [-0.25, -0.2) is 8.78 Å². The number of nitrogens with one attached hydrogen (secondary N) is 2. The van der Waals surface area contributed by atoms with Crippen LogP contribution in [0.2, 0.25) is 0 Å². The summed E-state index contributed by atoms with van der Waals surface area (Å²) in [6.07, 6.45) is 0.271. The quantitative estimate of drug-likeness (QED) is 0.308. The fourth-order valence-electron chi connectivity index (χ4n) is 5.31. The smallest absolute Gasteiger partial charge is 0.225 e. The van der Waals surface area contributed by atoms with Gasteiger partial charge in [0.1, 0.15) is 11.6 Å². The average molecular weight is 560 g/mol. The highest BCUT2D eigenvalue weighted by Crippen LogP contribution is 2.22. The zero-order valence-electron chi connectivity index (χ0n) is 22.9. The van der Waals surface area contributed by atoms with Gasteiger partial charge in [-0.3, -0.25) is 9.59 Å². The Kier molecular flexibility index (Phi) is 11.0. The fourth-order valence-corrected chi connectivity index (χ4v) is 5.31. The second-order valence-electron chi connectivity index (χ2n) is 10.6. The fraction of sp³-hybridized carbons (Fsp3) is 0.533. The lowest BCUT2D eigenvalue weighted by atomic mass is 9.94. The first kappa shape index (κ1) is 30.0. The van der Waals surface area contributed by atoms with Gasteiger partial charge >= 0.3 is 0 Å². The molecule has 2 aliphatic rings. The molecule has 2 aromatic rings. The highest BCUT2D eigenvalue weighted by Gasteiger charge is 2.39. The Labute approximate surface area is 234 Å². The number of ether oxygens (including phenoxy) is 2. The third-order valence-electron chi connectivity index (χ3n) is 7.42. The maximum Gasteiger partial charge on any atom is 0.225 e. The van der Waals surface area contributed by atoms with Crippen LogP contribution in [0.15, 0.2) is 48.5 Å². The standard InChI is InChI=1S/C30H39F2N3O5/c1-2-9-39-10-8-35-18-22(14-28(35)36)30(38)34-27(13-21-11-23(31)15-24(32)12-21)29(37)26-16-25(17-33-26)40-19-20-6-4-3-5-7-20/h3-7,11-12,15,22,25-27,29,33,37H,2,8-10,13-14,16-19H2,1H3,(H,34,38)/t22-,25+,26+,27-,29+/m0/s1. The van der Waals surface area contributed by atoms with Crippen molar-refractivity contribution in [1.82, 2.24) is 15.5 Å². The molecule has 0 radical (unpaired) electrons. The van der Waals surface area contributed by atoms with E-state index in [1.807, 2.05) is 37.3 Å². The van der Waals surface area contributed by atoms with Crippen molar-refractivity contribution in [2.75, 3.05) is 32.8 Å².